The summed E-state index contributed by atoms with van der Waals surface area (Å²) < 4.78 is 0. The predicted octanol–water partition coefficient (Wildman–Crippen LogP) is 1.36. The Morgan fingerprint density at radius 3 is 2.50 bits per heavy atom. The van der Waals surface area contributed by atoms with E-state index in [4.69, 9.17) is 0 Å². The Balaban J connectivity index is 1.61. The molecule has 0 aromatic heterocycles. The summed E-state index contributed by atoms with van der Waals surface area (Å²) >= 11 is 0. The summed E-state index contributed by atoms with van der Waals surface area (Å²) in [4.78, 5) is 14.4. The van der Waals surface area contributed by atoms with Crippen molar-refractivity contribution in [3.8, 4) is 0 Å². The number of carbonyl (C=O) groups excluding carboxylic acids is 1. The fourth-order valence-corrected chi connectivity index (χ4v) is 3.20. The van der Waals surface area contributed by atoms with Gasteiger partial charge in [-0.3, -0.25) is 9.69 Å². The molecule has 1 N–H and O–H groups in total. The number of rotatable bonds is 2. The minimum atomic E-state index is 0.0914. The maximum absolute atomic E-state index is 12.2. The molecule has 1 atom stereocenters. The second-order valence-corrected chi connectivity index (χ2v) is 5.52. The Labute approximate surface area is 108 Å². The van der Waals surface area contributed by atoms with Crippen LogP contribution in [0.2, 0.25) is 0 Å². The summed E-state index contributed by atoms with van der Waals surface area (Å²) in [5, 5.41) is 3.22. The van der Waals surface area contributed by atoms with Gasteiger partial charge in [-0.05, 0) is 50.4 Å². The maximum Gasteiger partial charge on any atom is 0.237 e. The average molecular weight is 244 g/mol. The molecule has 3 rings (SSSR count). The highest BCUT2D eigenvalue weighted by molar-refractivity contribution is 5.82. The third-order valence-electron chi connectivity index (χ3n) is 4.22. The molecule has 1 aliphatic carbocycles. The number of fused-ring (bicyclic) bond motifs is 1. The first kappa shape index (κ1) is 11.7. The molecule has 96 valence electrons. The average Bonchev–Trinajstić information content (AvgIpc) is 2.94. The van der Waals surface area contributed by atoms with Gasteiger partial charge in [-0.1, -0.05) is 24.3 Å². The molecule has 1 heterocycles. The lowest BCUT2D eigenvalue weighted by atomic mass is 10.1. The number of hydrogen-bond donors (Lipinski definition) is 1. The van der Waals surface area contributed by atoms with Crippen LogP contribution in [0.4, 0.5) is 0 Å². The number of nitrogens with zero attached hydrogens (tertiary/aromatic N) is 1. The van der Waals surface area contributed by atoms with Crippen LogP contribution in [-0.2, 0) is 17.6 Å². The number of hydrogen-bond acceptors (Lipinski definition) is 2. The number of amides is 1. The van der Waals surface area contributed by atoms with Crippen LogP contribution in [-0.4, -0.2) is 36.5 Å². The first-order chi connectivity index (χ1) is 8.74. The van der Waals surface area contributed by atoms with Crippen LogP contribution in [0, 0.1) is 0 Å². The van der Waals surface area contributed by atoms with Gasteiger partial charge in [0, 0.05) is 6.04 Å². The summed E-state index contributed by atoms with van der Waals surface area (Å²) in [5.41, 5.74) is 2.78. The number of benzene rings is 1. The van der Waals surface area contributed by atoms with Crippen LogP contribution >= 0.6 is 0 Å². The van der Waals surface area contributed by atoms with Gasteiger partial charge in [-0.25, -0.2) is 0 Å². The van der Waals surface area contributed by atoms with Crippen molar-refractivity contribution >= 4 is 5.91 Å². The van der Waals surface area contributed by atoms with E-state index < -0.39 is 0 Å². The SMILES string of the molecule is CN1CCCC1C(=O)NC1Cc2ccccc2C1. The molecule has 1 aliphatic heterocycles. The molecule has 0 bridgehead atoms. The van der Waals surface area contributed by atoms with Crippen molar-refractivity contribution in [3.05, 3.63) is 35.4 Å². The molecule has 1 unspecified atom stereocenters. The molecule has 1 amide bonds. The van der Waals surface area contributed by atoms with Crippen molar-refractivity contribution in [1.82, 2.24) is 10.2 Å². The van der Waals surface area contributed by atoms with Gasteiger partial charge in [-0.2, -0.15) is 0 Å². The van der Waals surface area contributed by atoms with Crippen LogP contribution in [0.1, 0.15) is 24.0 Å². The van der Waals surface area contributed by atoms with Crippen LogP contribution in [0.5, 0.6) is 0 Å². The summed E-state index contributed by atoms with van der Waals surface area (Å²) in [7, 11) is 2.04. The van der Waals surface area contributed by atoms with Gasteiger partial charge >= 0.3 is 0 Å². The largest absolute Gasteiger partial charge is 0.351 e. The van der Waals surface area contributed by atoms with Crippen molar-refractivity contribution < 1.29 is 4.79 Å². The van der Waals surface area contributed by atoms with Crippen molar-refractivity contribution in [2.45, 2.75) is 37.8 Å². The van der Waals surface area contributed by atoms with E-state index in [2.05, 4.69) is 34.5 Å². The normalized spacial score (nSPS) is 24.2. The molecule has 2 aliphatic rings. The van der Waals surface area contributed by atoms with Crippen molar-refractivity contribution in [3.63, 3.8) is 0 Å². The van der Waals surface area contributed by atoms with Crippen molar-refractivity contribution in [2.75, 3.05) is 13.6 Å². The zero-order valence-electron chi connectivity index (χ0n) is 10.9. The molecule has 1 fully saturated rings. The highest BCUT2D eigenvalue weighted by Crippen LogP contribution is 2.22. The minimum Gasteiger partial charge on any atom is -0.351 e. The Bertz CT molecular complexity index is 433. The Morgan fingerprint density at radius 1 is 1.28 bits per heavy atom. The van der Waals surface area contributed by atoms with Gasteiger partial charge in [-0.15, -0.1) is 0 Å². The minimum absolute atomic E-state index is 0.0914. The van der Waals surface area contributed by atoms with Crippen LogP contribution in [0.15, 0.2) is 24.3 Å². The topological polar surface area (TPSA) is 32.3 Å². The summed E-state index contributed by atoms with van der Waals surface area (Å²) in [6, 6.07) is 8.88. The Hall–Kier alpha value is -1.35. The lowest BCUT2D eigenvalue weighted by Gasteiger charge is -2.21. The monoisotopic (exact) mass is 244 g/mol. The van der Waals surface area contributed by atoms with Gasteiger partial charge in [0.2, 0.25) is 5.91 Å². The van der Waals surface area contributed by atoms with E-state index >= 15 is 0 Å². The van der Waals surface area contributed by atoms with E-state index in [1.807, 2.05) is 7.05 Å². The maximum atomic E-state index is 12.2. The zero-order chi connectivity index (χ0) is 12.5. The highest BCUT2D eigenvalue weighted by atomic mass is 16.2. The van der Waals surface area contributed by atoms with Gasteiger partial charge in [0.05, 0.1) is 6.04 Å². The molecular formula is C15H20N2O. The number of likely N-dealkylation sites (tertiary alicyclic amines) is 1. The van der Waals surface area contributed by atoms with Gasteiger partial charge < -0.3 is 5.32 Å². The predicted molar refractivity (Wildman–Crippen MR) is 71.4 cm³/mol. The van der Waals surface area contributed by atoms with Gasteiger partial charge in [0.1, 0.15) is 0 Å². The summed E-state index contributed by atoms with van der Waals surface area (Å²) in [6.45, 7) is 1.04. The van der Waals surface area contributed by atoms with E-state index in [-0.39, 0.29) is 11.9 Å². The molecule has 0 saturated carbocycles. The van der Waals surface area contributed by atoms with E-state index in [9.17, 15) is 4.79 Å². The molecule has 3 nitrogen and oxygen atoms in total. The molecular weight excluding hydrogens is 224 g/mol. The van der Waals surface area contributed by atoms with Crippen molar-refractivity contribution in [1.29, 1.82) is 0 Å². The van der Waals surface area contributed by atoms with E-state index in [0.29, 0.717) is 6.04 Å². The van der Waals surface area contributed by atoms with E-state index in [0.717, 1.165) is 32.2 Å². The van der Waals surface area contributed by atoms with E-state index in [1.54, 1.807) is 0 Å². The fourth-order valence-electron chi connectivity index (χ4n) is 3.20. The smallest absolute Gasteiger partial charge is 0.237 e. The second kappa shape index (κ2) is 4.73. The van der Waals surface area contributed by atoms with Gasteiger partial charge in [0.15, 0.2) is 0 Å². The van der Waals surface area contributed by atoms with Crippen LogP contribution < -0.4 is 5.32 Å². The first-order valence-electron chi connectivity index (χ1n) is 6.81. The molecule has 3 heteroatoms. The molecule has 18 heavy (non-hydrogen) atoms. The standard InChI is InChI=1S/C15H20N2O/c1-17-8-4-7-14(17)15(18)16-13-9-11-5-2-3-6-12(11)10-13/h2-3,5-6,13-14H,4,7-10H2,1H3,(H,16,18). The van der Waals surface area contributed by atoms with Crippen LogP contribution in [0.3, 0.4) is 0 Å². The third kappa shape index (κ3) is 2.15. The molecule has 1 saturated heterocycles. The molecule has 1 aromatic carbocycles. The van der Waals surface area contributed by atoms with E-state index in [1.165, 1.54) is 11.1 Å². The quantitative estimate of drug-likeness (QED) is 0.852. The molecule has 0 spiro atoms. The lowest BCUT2D eigenvalue weighted by molar-refractivity contribution is -0.125. The van der Waals surface area contributed by atoms with Crippen molar-refractivity contribution in [2.24, 2.45) is 0 Å². The Kier molecular flexibility index (Phi) is 3.08. The first-order valence-corrected chi connectivity index (χ1v) is 6.81. The molecule has 1 aromatic rings. The third-order valence-corrected chi connectivity index (χ3v) is 4.22. The number of carbonyl (C=O) groups is 1. The summed E-state index contributed by atoms with van der Waals surface area (Å²) in [5.74, 6) is 0.216. The number of likely N-dealkylation sites (N-methyl/N-ethyl adjacent to an activating group) is 1. The van der Waals surface area contributed by atoms with Gasteiger partial charge in [0.25, 0.3) is 0 Å². The summed E-state index contributed by atoms with van der Waals surface area (Å²) in [6.07, 6.45) is 4.11. The highest BCUT2D eigenvalue weighted by Gasteiger charge is 2.30. The number of nitrogens with one attached hydrogen (secondary N) is 1. The molecule has 0 radical (unpaired) electrons. The second-order valence-electron chi connectivity index (χ2n) is 5.52. The van der Waals surface area contributed by atoms with Crippen LogP contribution in [0.25, 0.3) is 0 Å². The zero-order valence-corrected chi connectivity index (χ0v) is 10.9. The lowest BCUT2D eigenvalue weighted by Crippen LogP contribution is -2.46. The Morgan fingerprint density at radius 2 is 1.94 bits per heavy atom. The fraction of sp³-hybridized carbons (Fsp3) is 0.533.